The Morgan fingerprint density at radius 1 is 0.913 bits per heavy atom. The van der Waals surface area contributed by atoms with Crippen molar-refractivity contribution in [2.45, 2.75) is 0 Å². The van der Waals surface area contributed by atoms with Gasteiger partial charge in [0.2, 0.25) is 0 Å². The van der Waals surface area contributed by atoms with E-state index in [1.807, 2.05) is 0 Å². The van der Waals surface area contributed by atoms with Crippen LogP contribution in [0.1, 0.15) is 10.4 Å². The van der Waals surface area contributed by atoms with Gasteiger partial charge in [0.05, 0.1) is 25.3 Å². The summed E-state index contributed by atoms with van der Waals surface area (Å²) in [5.41, 5.74) is 2.50. The lowest BCUT2D eigenvalue weighted by Crippen LogP contribution is -2.12. The van der Waals surface area contributed by atoms with Crippen molar-refractivity contribution in [2.75, 3.05) is 19.5 Å². The molecule has 1 amide bonds. The fourth-order valence-corrected chi connectivity index (χ4v) is 2.19. The highest BCUT2D eigenvalue weighted by Gasteiger charge is 2.10. The minimum atomic E-state index is -0.243. The van der Waals surface area contributed by atoms with Crippen molar-refractivity contribution in [2.24, 2.45) is 0 Å². The molecule has 6 heteroatoms. The van der Waals surface area contributed by atoms with Crippen LogP contribution in [0, 0.1) is 0 Å². The Kier molecular flexibility index (Phi) is 4.05. The van der Waals surface area contributed by atoms with E-state index >= 15 is 0 Å². The number of carbonyl (C=O) groups excluding carboxylic acids is 1. The largest absolute Gasteiger partial charge is 0.497 e. The number of methoxy groups -OCH3 is 2. The van der Waals surface area contributed by atoms with Crippen LogP contribution in [-0.4, -0.2) is 30.1 Å². The van der Waals surface area contributed by atoms with Gasteiger partial charge in [-0.2, -0.15) is 0 Å². The lowest BCUT2D eigenvalue weighted by atomic mass is 10.1. The van der Waals surface area contributed by atoms with E-state index in [4.69, 9.17) is 9.47 Å². The highest BCUT2D eigenvalue weighted by atomic mass is 16.5. The Labute approximate surface area is 133 Å². The number of fused-ring (bicyclic) bond motifs is 1. The molecule has 3 aromatic rings. The highest BCUT2D eigenvalue weighted by molar-refractivity contribution is 6.06. The first kappa shape index (κ1) is 14.8. The summed E-state index contributed by atoms with van der Waals surface area (Å²) in [6.07, 6.45) is 3.21. The van der Waals surface area contributed by atoms with Gasteiger partial charge in [-0.15, -0.1) is 0 Å². The van der Waals surface area contributed by atoms with Crippen LogP contribution in [0.5, 0.6) is 11.5 Å². The van der Waals surface area contributed by atoms with E-state index in [2.05, 4.69) is 15.3 Å². The summed E-state index contributed by atoms with van der Waals surface area (Å²) in [5, 5.41) is 2.83. The molecule has 0 aliphatic rings. The molecule has 0 saturated carbocycles. The fraction of sp³-hybridized carbons (Fsp3) is 0.118. The van der Waals surface area contributed by atoms with Crippen molar-refractivity contribution >= 4 is 22.6 Å². The minimum Gasteiger partial charge on any atom is -0.497 e. The summed E-state index contributed by atoms with van der Waals surface area (Å²) in [4.78, 5) is 20.8. The number of nitrogens with one attached hydrogen (secondary N) is 1. The monoisotopic (exact) mass is 309 g/mol. The van der Waals surface area contributed by atoms with E-state index in [-0.39, 0.29) is 5.91 Å². The van der Waals surface area contributed by atoms with Crippen LogP contribution < -0.4 is 14.8 Å². The van der Waals surface area contributed by atoms with Crippen LogP contribution in [0.15, 0.2) is 48.8 Å². The van der Waals surface area contributed by atoms with Gasteiger partial charge in [-0.3, -0.25) is 14.8 Å². The molecule has 0 aliphatic carbocycles. The van der Waals surface area contributed by atoms with Crippen LogP contribution in [0.3, 0.4) is 0 Å². The minimum absolute atomic E-state index is 0.243. The molecular weight excluding hydrogens is 294 g/mol. The van der Waals surface area contributed by atoms with Crippen molar-refractivity contribution in [1.29, 1.82) is 0 Å². The maximum absolute atomic E-state index is 12.4. The summed E-state index contributed by atoms with van der Waals surface area (Å²) in [7, 11) is 3.12. The number of carbonyl (C=O) groups is 1. The average molecular weight is 309 g/mol. The SMILES string of the molecule is COc1cc(NC(=O)c2ccc3nccnc3c2)cc(OC)c1. The molecule has 1 heterocycles. The summed E-state index contributed by atoms with van der Waals surface area (Å²) < 4.78 is 10.4. The number of nitrogens with zero attached hydrogens (tertiary/aromatic N) is 2. The molecule has 0 aliphatic heterocycles. The molecule has 23 heavy (non-hydrogen) atoms. The molecule has 2 aromatic carbocycles. The number of anilines is 1. The topological polar surface area (TPSA) is 73.3 Å². The summed E-state index contributed by atoms with van der Waals surface area (Å²) >= 11 is 0. The zero-order valence-corrected chi connectivity index (χ0v) is 12.7. The van der Waals surface area contributed by atoms with E-state index in [1.54, 1.807) is 63.0 Å². The van der Waals surface area contributed by atoms with Gasteiger partial charge in [-0.1, -0.05) is 0 Å². The molecule has 0 spiro atoms. The van der Waals surface area contributed by atoms with Gasteiger partial charge < -0.3 is 14.8 Å². The molecule has 0 radical (unpaired) electrons. The quantitative estimate of drug-likeness (QED) is 0.802. The van der Waals surface area contributed by atoms with E-state index in [0.717, 1.165) is 5.52 Å². The van der Waals surface area contributed by atoms with E-state index in [0.29, 0.717) is 28.3 Å². The molecule has 0 atom stereocenters. The zero-order chi connectivity index (χ0) is 16.2. The summed E-state index contributed by atoms with van der Waals surface area (Å²) in [5.74, 6) is 0.959. The first-order valence-corrected chi connectivity index (χ1v) is 6.95. The summed E-state index contributed by atoms with van der Waals surface area (Å²) in [6, 6.07) is 10.4. The second kappa shape index (κ2) is 6.31. The average Bonchev–Trinajstić information content (AvgIpc) is 2.60. The standard InChI is InChI=1S/C17H15N3O3/c1-22-13-8-12(9-14(10-13)23-2)20-17(21)11-3-4-15-16(7-11)19-6-5-18-15/h3-10H,1-2H3,(H,20,21). The molecule has 6 nitrogen and oxygen atoms in total. The normalized spacial score (nSPS) is 10.3. The van der Waals surface area contributed by atoms with Gasteiger partial charge in [0.1, 0.15) is 11.5 Å². The maximum atomic E-state index is 12.4. The Balaban J connectivity index is 1.88. The Morgan fingerprint density at radius 3 is 2.22 bits per heavy atom. The van der Waals surface area contributed by atoms with Crippen molar-refractivity contribution in [3.05, 3.63) is 54.4 Å². The molecule has 3 rings (SSSR count). The van der Waals surface area contributed by atoms with Gasteiger partial charge in [-0.25, -0.2) is 0 Å². The van der Waals surface area contributed by atoms with Gasteiger partial charge in [0.15, 0.2) is 0 Å². The number of hydrogen-bond donors (Lipinski definition) is 1. The van der Waals surface area contributed by atoms with Crippen molar-refractivity contribution in [1.82, 2.24) is 9.97 Å². The molecule has 0 fully saturated rings. The van der Waals surface area contributed by atoms with Gasteiger partial charge in [0.25, 0.3) is 5.91 Å². The van der Waals surface area contributed by atoms with Crippen LogP contribution in [0.2, 0.25) is 0 Å². The maximum Gasteiger partial charge on any atom is 0.255 e. The Hall–Kier alpha value is -3.15. The Morgan fingerprint density at radius 2 is 1.57 bits per heavy atom. The van der Waals surface area contributed by atoms with Crippen LogP contribution in [0.4, 0.5) is 5.69 Å². The number of ether oxygens (including phenoxy) is 2. The van der Waals surface area contributed by atoms with E-state index in [9.17, 15) is 4.79 Å². The lowest BCUT2D eigenvalue weighted by molar-refractivity contribution is 0.102. The first-order chi connectivity index (χ1) is 11.2. The van der Waals surface area contributed by atoms with Crippen LogP contribution in [0.25, 0.3) is 11.0 Å². The van der Waals surface area contributed by atoms with Gasteiger partial charge in [-0.05, 0) is 18.2 Å². The second-order valence-corrected chi connectivity index (χ2v) is 4.82. The smallest absolute Gasteiger partial charge is 0.255 e. The molecule has 1 aromatic heterocycles. The molecule has 0 saturated heterocycles. The van der Waals surface area contributed by atoms with E-state index < -0.39 is 0 Å². The highest BCUT2D eigenvalue weighted by Crippen LogP contribution is 2.26. The van der Waals surface area contributed by atoms with Crippen LogP contribution in [-0.2, 0) is 0 Å². The molecule has 0 unspecified atom stereocenters. The number of rotatable bonds is 4. The van der Waals surface area contributed by atoms with Gasteiger partial charge >= 0.3 is 0 Å². The molecular formula is C17H15N3O3. The molecule has 0 bridgehead atoms. The van der Waals surface area contributed by atoms with Crippen molar-refractivity contribution < 1.29 is 14.3 Å². The van der Waals surface area contributed by atoms with Crippen molar-refractivity contribution in [3.63, 3.8) is 0 Å². The third-order valence-electron chi connectivity index (χ3n) is 3.34. The predicted octanol–water partition coefficient (Wildman–Crippen LogP) is 2.90. The summed E-state index contributed by atoms with van der Waals surface area (Å²) in [6.45, 7) is 0. The third-order valence-corrected chi connectivity index (χ3v) is 3.34. The molecule has 1 N–H and O–H groups in total. The molecule has 116 valence electrons. The predicted molar refractivity (Wildman–Crippen MR) is 87.0 cm³/mol. The zero-order valence-electron chi connectivity index (χ0n) is 12.7. The first-order valence-electron chi connectivity index (χ1n) is 6.95. The number of hydrogen-bond acceptors (Lipinski definition) is 5. The number of benzene rings is 2. The third kappa shape index (κ3) is 3.21. The van der Waals surface area contributed by atoms with E-state index in [1.165, 1.54) is 0 Å². The lowest BCUT2D eigenvalue weighted by Gasteiger charge is -2.10. The van der Waals surface area contributed by atoms with Crippen LogP contribution >= 0.6 is 0 Å². The van der Waals surface area contributed by atoms with Crippen molar-refractivity contribution in [3.8, 4) is 11.5 Å². The second-order valence-electron chi connectivity index (χ2n) is 4.82. The Bertz CT molecular complexity index is 842. The number of amides is 1. The number of aromatic nitrogens is 2. The fourth-order valence-electron chi connectivity index (χ4n) is 2.19. The van der Waals surface area contributed by atoms with Gasteiger partial charge in [0, 0.05) is 41.8 Å².